The average Bonchev–Trinajstić information content (AvgIpc) is 3.12. The van der Waals surface area contributed by atoms with E-state index < -0.39 is 0 Å². The number of hydrogen-bond donors (Lipinski definition) is 1. The van der Waals surface area contributed by atoms with Crippen LogP contribution < -0.4 is 14.8 Å². The fourth-order valence-electron chi connectivity index (χ4n) is 3.66. The van der Waals surface area contributed by atoms with E-state index in [4.69, 9.17) is 9.47 Å². The number of amides is 1. The van der Waals surface area contributed by atoms with Crippen LogP contribution >= 0.6 is 0 Å². The molecule has 32 heavy (non-hydrogen) atoms. The van der Waals surface area contributed by atoms with Gasteiger partial charge in [0.2, 0.25) is 0 Å². The molecule has 0 atom stereocenters. The van der Waals surface area contributed by atoms with Gasteiger partial charge in [0.15, 0.2) is 22.8 Å². The monoisotopic (exact) mass is 431 g/mol. The highest BCUT2D eigenvalue weighted by Crippen LogP contribution is 2.35. The minimum atomic E-state index is -0.332. The summed E-state index contributed by atoms with van der Waals surface area (Å²) in [5, 5.41) is 16.1. The molecule has 0 unspecified atom stereocenters. The molecule has 0 saturated carbocycles. The van der Waals surface area contributed by atoms with Gasteiger partial charge in [0, 0.05) is 5.69 Å². The average molecular weight is 431 g/mol. The van der Waals surface area contributed by atoms with E-state index in [0.29, 0.717) is 28.5 Å². The van der Waals surface area contributed by atoms with Gasteiger partial charge in [-0.3, -0.25) is 4.79 Å². The van der Waals surface area contributed by atoms with Crippen LogP contribution in [0.5, 0.6) is 11.5 Å². The lowest BCUT2D eigenvalue weighted by Crippen LogP contribution is -2.18. The highest BCUT2D eigenvalue weighted by molar-refractivity contribution is 6.03. The molecule has 0 saturated heterocycles. The zero-order chi connectivity index (χ0) is 23.0. The van der Waals surface area contributed by atoms with Crippen LogP contribution in [-0.4, -0.2) is 39.9 Å². The second-order valence-electron chi connectivity index (χ2n) is 7.65. The van der Waals surface area contributed by atoms with E-state index in [9.17, 15) is 4.79 Å². The first-order valence-corrected chi connectivity index (χ1v) is 10.2. The zero-order valence-electron chi connectivity index (χ0n) is 19.0. The fraction of sp³-hybridized carbons (Fsp3) is 0.250. The van der Waals surface area contributed by atoms with Crippen LogP contribution in [0.2, 0.25) is 0 Å². The number of ether oxygens (including phenoxy) is 2. The minimum absolute atomic E-state index is 0.220. The van der Waals surface area contributed by atoms with Gasteiger partial charge < -0.3 is 14.8 Å². The van der Waals surface area contributed by atoms with E-state index >= 15 is 0 Å². The Morgan fingerprint density at radius 2 is 1.66 bits per heavy atom. The Balaban J connectivity index is 1.74. The van der Waals surface area contributed by atoms with Crippen molar-refractivity contribution in [2.45, 2.75) is 27.7 Å². The number of methoxy groups -OCH3 is 2. The number of hydrogen-bond acceptors (Lipinski definition) is 6. The molecule has 0 bridgehead atoms. The Labute approximate surface area is 186 Å². The number of aryl methyl sites for hydroxylation is 4. The molecule has 1 N–H and O–H groups in total. The molecule has 0 radical (unpaired) electrons. The molecular formula is C24H25N5O3. The number of fused-ring (bicyclic) bond motifs is 1. The van der Waals surface area contributed by atoms with Crippen molar-refractivity contribution in [1.82, 2.24) is 19.8 Å². The first-order valence-electron chi connectivity index (χ1n) is 10.2. The quantitative estimate of drug-likeness (QED) is 0.507. The largest absolute Gasteiger partial charge is 0.493 e. The van der Waals surface area contributed by atoms with E-state index in [2.05, 4.69) is 20.6 Å². The van der Waals surface area contributed by atoms with Crippen LogP contribution in [0.25, 0.3) is 16.8 Å². The molecule has 164 valence electrons. The fourth-order valence-corrected chi connectivity index (χ4v) is 3.66. The second kappa shape index (κ2) is 8.30. The lowest BCUT2D eigenvalue weighted by molar-refractivity contribution is 0.102. The van der Waals surface area contributed by atoms with E-state index in [1.165, 1.54) is 0 Å². The Morgan fingerprint density at radius 3 is 2.34 bits per heavy atom. The SMILES string of the molecule is COc1ccc(-c2c(C)nn3c(C)c(C(=O)Nc4ccc(C)c(C)c4)nnc23)cc1OC. The van der Waals surface area contributed by atoms with Gasteiger partial charge in [-0.15, -0.1) is 10.2 Å². The van der Waals surface area contributed by atoms with Crippen molar-refractivity contribution in [3.8, 4) is 22.6 Å². The van der Waals surface area contributed by atoms with Crippen molar-refractivity contribution < 1.29 is 14.3 Å². The van der Waals surface area contributed by atoms with E-state index in [1.54, 1.807) is 18.7 Å². The molecule has 4 aromatic rings. The molecule has 0 aliphatic heterocycles. The molecular weight excluding hydrogens is 406 g/mol. The topological polar surface area (TPSA) is 90.6 Å². The van der Waals surface area contributed by atoms with Gasteiger partial charge in [0.1, 0.15) is 0 Å². The van der Waals surface area contributed by atoms with Crippen LogP contribution in [0.3, 0.4) is 0 Å². The third-order valence-electron chi connectivity index (χ3n) is 5.59. The summed E-state index contributed by atoms with van der Waals surface area (Å²) in [4.78, 5) is 12.9. The van der Waals surface area contributed by atoms with Gasteiger partial charge in [0.25, 0.3) is 5.91 Å². The number of rotatable bonds is 5. The number of carbonyl (C=O) groups is 1. The first kappa shape index (κ1) is 21.3. The van der Waals surface area contributed by atoms with Gasteiger partial charge in [-0.2, -0.15) is 5.10 Å². The standard InChI is InChI=1S/C24H25N5O3/c1-13-7-9-18(11-14(13)2)25-24(30)22-16(4)29-23(27-26-22)21(15(3)28-29)17-8-10-19(31-5)20(12-17)32-6/h7-12H,1-6H3,(H,25,30). The Hall–Kier alpha value is -3.94. The summed E-state index contributed by atoms with van der Waals surface area (Å²) in [6.45, 7) is 7.74. The number of nitrogens with zero attached hydrogens (tertiary/aromatic N) is 4. The zero-order valence-corrected chi connectivity index (χ0v) is 19.0. The molecule has 2 heterocycles. The molecule has 8 heteroatoms. The molecule has 2 aromatic heterocycles. The van der Waals surface area contributed by atoms with E-state index in [1.807, 2.05) is 64.1 Å². The van der Waals surface area contributed by atoms with Gasteiger partial charge in [-0.25, -0.2) is 4.52 Å². The molecule has 0 spiro atoms. The molecule has 0 aliphatic carbocycles. The van der Waals surface area contributed by atoms with Crippen LogP contribution in [0.4, 0.5) is 5.69 Å². The number of carbonyl (C=O) groups excluding carboxylic acids is 1. The molecule has 0 fully saturated rings. The van der Waals surface area contributed by atoms with Crippen LogP contribution in [0.1, 0.15) is 33.0 Å². The minimum Gasteiger partial charge on any atom is -0.493 e. The van der Waals surface area contributed by atoms with E-state index in [-0.39, 0.29) is 11.6 Å². The summed E-state index contributed by atoms with van der Waals surface area (Å²) in [5.41, 5.74) is 6.82. The summed E-state index contributed by atoms with van der Waals surface area (Å²) in [5.74, 6) is 0.914. The molecule has 2 aromatic carbocycles. The van der Waals surface area contributed by atoms with Gasteiger partial charge in [-0.05, 0) is 68.7 Å². The molecule has 1 amide bonds. The lowest BCUT2D eigenvalue weighted by Gasteiger charge is -2.10. The van der Waals surface area contributed by atoms with Gasteiger partial charge >= 0.3 is 0 Å². The lowest BCUT2D eigenvalue weighted by atomic mass is 10.1. The van der Waals surface area contributed by atoms with Crippen LogP contribution in [-0.2, 0) is 0 Å². The summed E-state index contributed by atoms with van der Waals surface area (Å²) in [6.07, 6.45) is 0. The van der Waals surface area contributed by atoms with Crippen molar-refractivity contribution in [3.63, 3.8) is 0 Å². The van der Waals surface area contributed by atoms with Crippen molar-refractivity contribution in [3.05, 3.63) is 64.6 Å². The maximum Gasteiger partial charge on any atom is 0.278 e. The summed E-state index contributed by atoms with van der Waals surface area (Å²) < 4.78 is 12.4. The van der Waals surface area contributed by atoms with Crippen LogP contribution in [0, 0.1) is 27.7 Å². The number of nitrogens with one attached hydrogen (secondary N) is 1. The summed E-state index contributed by atoms with van der Waals surface area (Å²) >= 11 is 0. The number of benzene rings is 2. The second-order valence-corrected chi connectivity index (χ2v) is 7.65. The molecule has 0 aliphatic rings. The molecule has 8 nitrogen and oxygen atoms in total. The van der Waals surface area contributed by atoms with Crippen molar-refractivity contribution in [2.75, 3.05) is 19.5 Å². The molecule has 4 rings (SSSR count). The number of aromatic nitrogens is 4. The van der Waals surface area contributed by atoms with Crippen molar-refractivity contribution in [1.29, 1.82) is 0 Å². The Morgan fingerprint density at radius 1 is 0.906 bits per heavy atom. The maximum atomic E-state index is 12.9. The van der Waals surface area contributed by atoms with Gasteiger partial charge in [0.05, 0.1) is 31.2 Å². The Bertz CT molecular complexity index is 1340. The summed E-state index contributed by atoms with van der Waals surface area (Å²) in [7, 11) is 3.19. The Kier molecular flexibility index (Phi) is 5.52. The van der Waals surface area contributed by atoms with Gasteiger partial charge in [-0.1, -0.05) is 12.1 Å². The third-order valence-corrected chi connectivity index (χ3v) is 5.59. The summed E-state index contributed by atoms with van der Waals surface area (Å²) in [6, 6.07) is 11.4. The third kappa shape index (κ3) is 3.64. The predicted octanol–water partition coefficient (Wildman–Crippen LogP) is 4.29. The highest BCUT2D eigenvalue weighted by Gasteiger charge is 2.21. The van der Waals surface area contributed by atoms with Crippen molar-refractivity contribution >= 4 is 17.2 Å². The number of anilines is 1. The maximum absolute atomic E-state index is 12.9. The first-order chi connectivity index (χ1) is 15.3. The normalized spacial score (nSPS) is 10.9. The van der Waals surface area contributed by atoms with E-state index in [0.717, 1.165) is 27.9 Å². The van der Waals surface area contributed by atoms with Crippen LogP contribution in [0.15, 0.2) is 36.4 Å². The van der Waals surface area contributed by atoms with Crippen molar-refractivity contribution in [2.24, 2.45) is 0 Å². The smallest absolute Gasteiger partial charge is 0.278 e. The predicted molar refractivity (Wildman–Crippen MR) is 123 cm³/mol. The highest BCUT2D eigenvalue weighted by atomic mass is 16.5.